The fraction of sp³-hybridized carbons (Fsp3) is 0.130. The molecule has 0 saturated carbocycles. The van der Waals surface area contributed by atoms with E-state index in [2.05, 4.69) is 73.1 Å². The third-order valence-corrected chi connectivity index (χ3v) is 4.65. The van der Waals surface area contributed by atoms with Gasteiger partial charge in [-0.05, 0) is 43.7 Å². The van der Waals surface area contributed by atoms with Crippen molar-refractivity contribution in [2.45, 2.75) is 20.4 Å². The number of aryl methyl sites for hydroxylation is 1. The smallest absolute Gasteiger partial charge is 0.0709 e. The van der Waals surface area contributed by atoms with E-state index in [4.69, 9.17) is 10.1 Å². The van der Waals surface area contributed by atoms with Gasteiger partial charge in [0, 0.05) is 16.6 Å². The Balaban J connectivity index is 1.62. The highest BCUT2D eigenvalue weighted by Crippen LogP contribution is 2.19. The molecular formula is C23H21N3. The summed E-state index contributed by atoms with van der Waals surface area (Å²) in [5.74, 6) is 0. The topological polar surface area (TPSA) is 30.7 Å². The SMILES string of the molecule is Cc1nn(Cc2ccccc2)c(C)c1C=Cc1ccc2ccccc2n1. The summed E-state index contributed by atoms with van der Waals surface area (Å²) in [5, 5.41) is 5.87. The van der Waals surface area contributed by atoms with Crippen LogP contribution in [0.2, 0.25) is 0 Å². The summed E-state index contributed by atoms with van der Waals surface area (Å²) in [5.41, 5.74) is 6.60. The van der Waals surface area contributed by atoms with E-state index in [9.17, 15) is 0 Å². The van der Waals surface area contributed by atoms with E-state index in [1.807, 2.05) is 24.3 Å². The summed E-state index contributed by atoms with van der Waals surface area (Å²) >= 11 is 0. The van der Waals surface area contributed by atoms with E-state index < -0.39 is 0 Å². The first-order chi connectivity index (χ1) is 12.7. The fourth-order valence-corrected chi connectivity index (χ4v) is 3.21. The van der Waals surface area contributed by atoms with E-state index in [-0.39, 0.29) is 0 Å². The van der Waals surface area contributed by atoms with E-state index in [0.29, 0.717) is 0 Å². The lowest BCUT2D eigenvalue weighted by Crippen LogP contribution is -2.03. The molecule has 0 spiro atoms. The maximum Gasteiger partial charge on any atom is 0.0709 e. The molecule has 3 heteroatoms. The number of fused-ring (bicyclic) bond motifs is 1. The molecule has 2 aromatic heterocycles. The monoisotopic (exact) mass is 339 g/mol. The van der Waals surface area contributed by atoms with Crippen molar-refractivity contribution in [2.75, 3.05) is 0 Å². The largest absolute Gasteiger partial charge is 0.265 e. The highest BCUT2D eigenvalue weighted by atomic mass is 15.3. The van der Waals surface area contributed by atoms with Crippen LogP contribution < -0.4 is 0 Å². The lowest BCUT2D eigenvalue weighted by atomic mass is 10.1. The zero-order valence-corrected chi connectivity index (χ0v) is 15.1. The predicted molar refractivity (Wildman–Crippen MR) is 108 cm³/mol. The molecule has 0 radical (unpaired) electrons. The van der Waals surface area contributed by atoms with E-state index in [0.717, 1.165) is 34.4 Å². The van der Waals surface area contributed by atoms with Crippen LogP contribution in [0.1, 0.15) is 28.2 Å². The van der Waals surface area contributed by atoms with Gasteiger partial charge in [-0.25, -0.2) is 4.98 Å². The minimum atomic E-state index is 0.787. The van der Waals surface area contributed by atoms with Gasteiger partial charge in [0.1, 0.15) is 0 Å². The second-order valence-corrected chi connectivity index (χ2v) is 6.49. The highest BCUT2D eigenvalue weighted by Gasteiger charge is 2.09. The normalized spacial score (nSPS) is 11.5. The van der Waals surface area contributed by atoms with Crippen LogP contribution in [0.5, 0.6) is 0 Å². The van der Waals surface area contributed by atoms with Gasteiger partial charge in [0.15, 0.2) is 0 Å². The molecule has 0 saturated heterocycles. The van der Waals surface area contributed by atoms with Crippen molar-refractivity contribution in [2.24, 2.45) is 0 Å². The van der Waals surface area contributed by atoms with Crippen LogP contribution in [0.4, 0.5) is 0 Å². The number of nitrogens with zero attached hydrogens (tertiary/aromatic N) is 3. The molecule has 0 amide bonds. The molecule has 4 aromatic rings. The Bertz CT molecular complexity index is 1080. The molecule has 26 heavy (non-hydrogen) atoms. The van der Waals surface area contributed by atoms with Crippen LogP contribution in [0.3, 0.4) is 0 Å². The third-order valence-electron chi connectivity index (χ3n) is 4.65. The standard InChI is InChI=1S/C23H21N3/c1-17-22(18(2)26(25-17)16-19-8-4-3-5-9-19)15-14-21-13-12-20-10-6-7-11-23(20)24-21/h3-15H,16H2,1-2H3. The number of hydrogen-bond donors (Lipinski definition) is 0. The molecule has 4 rings (SSSR count). The molecule has 3 nitrogen and oxygen atoms in total. The lowest BCUT2D eigenvalue weighted by molar-refractivity contribution is 0.659. The summed E-state index contributed by atoms with van der Waals surface area (Å²) in [6.07, 6.45) is 4.19. The molecule has 2 heterocycles. The van der Waals surface area contributed by atoms with Crippen LogP contribution in [0, 0.1) is 13.8 Å². The quantitative estimate of drug-likeness (QED) is 0.507. The molecule has 0 unspecified atom stereocenters. The molecule has 0 aliphatic heterocycles. The number of para-hydroxylation sites is 1. The Morgan fingerprint density at radius 3 is 2.46 bits per heavy atom. The second kappa shape index (κ2) is 6.96. The summed E-state index contributed by atoms with van der Waals surface area (Å²) < 4.78 is 2.07. The predicted octanol–water partition coefficient (Wildman–Crippen LogP) is 5.27. The average Bonchev–Trinajstić information content (AvgIpc) is 2.94. The average molecular weight is 339 g/mol. The van der Waals surface area contributed by atoms with Gasteiger partial charge in [0.05, 0.1) is 23.4 Å². The van der Waals surface area contributed by atoms with Crippen LogP contribution in [-0.4, -0.2) is 14.8 Å². The van der Waals surface area contributed by atoms with Gasteiger partial charge in [0.25, 0.3) is 0 Å². The highest BCUT2D eigenvalue weighted by molar-refractivity contribution is 5.81. The number of aromatic nitrogens is 3. The fourth-order valence-electron chi connectivity index (χ4n) is 3.21. The van der Waals surface area contributed by atoms with E-state index in [1.165, 1.54) is 11.3 Å². The molecule has 0 N–H and O–H groups in total. The van der Waals surface area contributed by atoms with Gasteiger partial charge in [0.2, 0.25) is 0 Å². The van der Waals surface area contributed by atoms with Crippen molar-refractivity contribution in [3.05, 3.63) is 94.9 Å². The van der Waals surface area contributed by atoms with Crippen LogP contribution in [-0.2, 0) is 6.54 Å². The van der Waals surface area contributed by atoms with Crippen molar-refractivity contribution in [3.8, 4) is 0 Å². The zero-order valence-electron chi connectivity index (χ0n) is 15.1. The molecule has 128 valence electrons. The second-order valence-electron chi connectivity index (χ2n) is 6.49. The van der Waals surface area contributed by atoms with Gasteiger partial charge in [-0.3, -0.25) is 4.68 Å². The van der Waals surface area contributed by atoms with Crippen molar-refractivity contribution < 1.29 is 0 Å². The summed E-state index contributed by atoms with van der Waals surface area (Å²) in [7, 11) is 0. The van der Waals surface area contributed by atoms with Crippen LogP contribution >= 0.6 is 0 Å². The molecule has 0 bridgehead atoms. The van der Waals surface area contributed by atoms with Crippen LogP contribution in [0.15, 0.2) is 66.7 Å². The number of hydrogen-bond acceptors (Lipinski definition) is 2. The van der Waals surface area contributed by atoms with Crippen molar-refractivity contribution >= 4 is 23.1 Å². The van der Waals surface area contributed by atoms with Gasteiger partial charge in [-0.1, -0.05) is 54.6 Å². The Hall–Kier alpha value is -3.20. The van der Waals surface area contributed by atoms with Gasteiger partial charge >= 0.3 is 0 Å². The van der Waals surface area contributed by atoms with E-state index >= 15 is 0 Å². The summed E-state index contributed by atoms with van der Waals surface area (Å²) in [6.45, 7) is 4.97. The summed E-state index contributed by atoms with van der Waals surface area (Å²) in [6, 6.07) is 22.8. The third kappa shape index (κ3) is 3.29. The minimum absolute atomic E-state index is 0.787. The lowest BCUT2D eigenvalue weighted by Gasteiger charge is -2.04. The number of rotatable bonds is 4. The molecule has 2 aromatic carbocycles. The van der Waals surface area contributed by atoms with Gasteiger partial charge in [-0.15, -0.1) is 0 Å². The Morgan fingerprint density at radius 1 is 0.846 bits per heavy atom. The van der Waals surface area contributed by atoms with Gasteiger partial charge in [-0.2, -0.15) is 5.10 Å². The molecule has 0 aliphatic carbocycles. The van der Waals surface area contributed by atoms with Crippen LogP contribution in [0.25, 0.3) is 23.1 Å². The zero-order chi connectivity index (χ0) is 17.9. The Morgan fingerprint density at radius 2 is 1.62 bits per heavy atom. The molecule has 0 atom stereocenters. The molecule has 0 fully saturated rings. The number of pyridine rings is 1. The first-order valence-corrected chi connectivity index (χ1v) is 8.82. The van der Waals surface area contributed by atoms with Crippen molar-refractivity contribution in [3.63, 3.8) is 0 Å². The first-order valence-electron chi connectivity index (χ1n) is 8.82. The number of benzene rings is 2. The van der Waals surface area contributed by atoms with Crippen molar-refractivity contribution in [1.82, 2.24) is 14.8 Å². The Labute approximate surface area is 153 Å². The summed E-state index contributed by atoms with van der Waals surface area (Å²) in [4.78, 5) is 4.71. The Kier molecular flexibility index (Phi) is 4.36. The maximum atomic E-state index is 4.71. The maximum absolute atomic E-state index is 4.71. The van der Waals surface area contributed by atoms with Gasteiger partial charge < -0.3 is 0 Å². The first kappa shape index (κ1) is 16.3. The minimum Gasteiger partial charge on any atom is -0.265 e. The van der Waals surface area contributed by atoms with Crippen molar-refractivity contribution in [1.29, 1.82) is 0 Å². The molecule has 0 aliphatic rings. The molecular weight excluding hydrogens is 318 g/mol. The van der Waals surface area contributed by atoms with E-state index in [1.54, 1.807) is 0 Å².